The molecule has 0 unspecified atom stereocenters. The summed E-state index contributed by atoms with van der Waals surface area (Å²) in [6, 6.07) is 8.34. The molecule has 1 aromatic heterocycles. The van der Waals surface area contributed by atoms with Crippen LogP contribution in [0, 0.1) is 0 Å². The molecule has 2 aromatic rings. The third kappa shape index (κ3) is 1.64. The first-order chi connectivity index (χ1) is 6.81. The molecule has 14 heavy (non-hydrogen) atoms. The maximum atomic E-state index is 5.97. The number of hydrogen-bond acceptors (Lipinski definition) is 2. The Hall–Kier alpha value is -1.32. The Morgan fingerprint density at radius 1 is 1.29 bits per heavy atom. The molecule has 0 radical (unpaired) electrons. The van der Waals surface area contributed by atoms with E-state index >= 15 is 0 Å². The van der Waals surface area contributed by atoms with Crippen molar-refractivity contribution in [3.63, 3.8) is 0 Å². The van der Waals surface area contributed by atoms with Crippen molar-refractivity contribution in [3.8, 4) is 0 Å². The fraction of sp³-hybridized carbons (Fsp3) is 0.273. The second-order valence-corrected chi connectivity index (χ2v) is 3.51. The van der Waals surface area contributed by atoms with Crippen LogP contribution < -0.4 is 11.5 Å². The smallest absolute Gasteiger partial charge is 0.0457 e. The Labute approximate surface area is 83.1 Å². The molecule has 0 aliphatic rings. The number of H-pyrrole nitrogens is 1. The Bertz CT molecular complexity index is 419. The molecule has 0 saturated heterocycles. The Kier molecular flexibility index (Phi) is 2.52. The lowest BCUT2D eigenvalue weighted by atomic mass is 10.0. The highest BCUT2D eigenvalue weighted by molar-refractivity contribution is 5.79. The lowest BCUT2D eigenvalue weighted by molar-refractivity contribution is 0.662. The van der Waals surface area contributed by atoms with Crippen molar-refractivity contribution < 1.29 is 0 Å². The van der Waals surface area contributed by atoms with Crippen LogP contribution in [0.15, 0.2) is 30.5 Å². The molecule has 1 atom stereocenters. The largest absolute Gasteiger partial charge is 0.361 e. The molecule has 0 fully saturated rings. The summed E-state index contributed by atoms with van der Waals surface area (Å²) in [6.45, 7) is 0.629. The van der Waals surface area contributed by atoms with E-state index in [4.69, 9.17) is 11.5 Å². The lowest BCUT2D eigenvalue weighted by Gasteiger charge is -2.10. The van der Waals surface area contributed by atoms with Gasteiger partial charge in [0.15, 0.2) is 0 Å². The highest BCUT2D eigenvalue weighted by Crippen LogP contribution is 2.19. The van der Waals surface area contributed by atoms with E-state index in [1.165, 1.54) is 5.39 Å². The van der Waals surface area contributed by atoms with E-state index < -0.39 is 0 Å². The van der Waals surface area contributed by atoms with Crippen LogP contribution in [0.3, 0.4) is 0 Å². The van der Waals surface area contributed by atoms with E-state index in [9.17, 15) is 0 Å². The van der Waals surface area contributed by atoms with Gasteiger partial charge in [-0.05, 0) is 36.0 Å². The SMILES string of the molecule is NCC[C@H](N)c1ccc2cc[nH]c2c1. The number of aromatic nitrogens is 1. The zero-order chi connectivity index (χ0) is 9.97. The van der Waals surface area contributed by atoms with E-state index in [2.05, 4.69) is 23.2 Å². The maximum absolute atomic E-state index is 5.97. The minimum Gasteiger partial charge on any atom is -0.361 e. The average molecular weight is 189 g/mol. The van der Waals surface area contributed by atoms with Gasteiger partial charge in [-0.25, -0.2) is 0 Å². The second-order valence-electron chi connectivity index (χ2n) is 3.51. The molecule has 5 N–H and O–H groups in total. The van der Waals surface area contributed by atoms with E-state index in [0.717, 1.165) is 17.5 Å². The summed E-state index contributed by atoms with van der Waals surface area (Å²) >= 11 is 0. The summed E-state index contributed by atoms with van der Waals surface area (Å²) in [5, 5.41) is 1.22. The molecule has 0 spiro atoms. The quantitative estimate of drug-likeness (QED) is 0.685. The van der Waals surface area contributed by atoms with Gasteiger partial charge in [-0.3, -0.25) is 0 Å². The van der Waals surface area contributed by atoms with Gasteiger partial charge in [-0.2, -0.15) is 0 Å². The van der Waals surface area contributed by atoms with Gasteiger partial charge in [-0.15, -0.1) is 0 Å². The van der Waals surface area contributed by atoms with E-state index in [-0.39, 0.29) is 6.04 Å². The van der Waals surface area contributed by atoms with Gasteiger partial charge in [0.05, 0.1) is 0 Å². The summed E-state index contributed by atoms with van der Waals surface area (Å²) in [4.78, 5) is 3.17. The van der Waals surface area contributed by atoms with Crippen molar-refractivity contribution in [2.75, 3.05) is 6.54 Å². The molecular formula is C11H15N3. The second kappa shape index (κ2) is 3.82. The lowest BCUT2D eigenvalue weighted by Crippen LogP contribution is -2.15. The van der Waals surface area contributed by atoms with Gasteiger partial charge >= 0.3 is 0 Å². The van der Waals surface area contributed by atoms with Crippen LogP contribution in [-0.4, -0.2) is 11.5 Å². The zero-order valence-electron chi connectivity index (χ0n) is 8.03. The molecule has 0 aliphatic carbocycles. The Balaban J connectivity index is 2.33. The number of benzene rings is 1. The minimum absolute atomic E-state index is 0.0488. The van der Waals surface area contributed by atoms with E-state index in [0.29, 0.717) is 6.54 Å². The molecular weight excluding hydrogens is 174 g/mol. The first-order valence-electron chi connectivity index (χ1n) is 4.84. The third-order valence-electron chi connectivity index (χ3n) is 2.48. The molecule has 1 heterocycles. The van der Waals surface area contributed by atoms with Crippen LogP contribution in [0.2, 0.25) is 0 Å². The normalized spacial score (nSPS) is 13.3. The summed E-state index contributed by atoms with van der Waals surface area (Å²) in [5.41, 5.74) is 13.7. The van der Waals surface area contributed by atoms with E-state index in [1.807, 2.05) is 12.3 Å². The molecule has 1 aromatic carbocycles. The fourth-order valence-corrected chi connectivity index (χ4v) is 1.64. The summed E-state index contributed by atoms with van der Waals surface area (Å²) in [6.07, 6.45) is 2.76. The predicted octanol–water partition coefficient (Wildman–Crippen LogP) is 1.52. The summed E-state index contributed by atoms with van der Waals surface area (Å²) in [7, 11) is 0. The summed E-state index contributed by atoms with van der Waals surface area (Å²) < 4.78 is 0. The first-order valence-corrected chi connectivity index (χ1v) is 4.84. The van der Waals surface area contributed by atoms with Gasteiger partial charge in [0, 0.05) is 17.8 Å². The number of nitrogens with one attached hydrogen (secondary N) is 1. The average Bonchev–Trinajstić information content (AvgIpc) is 2.64. The molecule has 0 saturated carbocycles. The number of aromatic amines is 1. The van der Waals surface area contributed by atoms with Crippen molar-refractivity contribution in [3.05, 3.63) is 36.0 Å². The van der Waals surface area contributed by atoms with Gasteiger partial charge in [0.25, 0.3) is 0 Å². The van der Waals surface area contributed by atoms with Crippen LogP contribution in [-0.2, 0) is 0 Å². The highest BCUT2D eigenvalue weighted by atomic mass is 14.7. The molecule has 3 nitrogen and oxygen atoms in total. The predicted molar refractivity (Wildman–Crippen MR) is 58.9 cm³/mol. The van der Waals surface area contributed by atoms with Crippen molar-refractivity contribution in [2.24, 2.45) is 11.5 Å². The van der Waals surface area contributed by atoms with Gasteiger partial charge < -0.3 is 16.5 Å². The Morgan fingerprint density at radius 3 is 2.93 bits per heavy atom. The summed E-state index contributed by atoms with van der Waals surface area (Å²) in [5.74, 6) is 0. The van der Waals surface area contributed by atoms with Gasteiger partial charge in [0.1, 0.15) is 0 Å². The van der Waals surface area contributed by atoms with Crippen LogP contribution in [0.4, 0.5) is 0 Å². The topological polar surface area (TPSA) is 67.8 Å². The monoisotopic (exact) mass is 189 g/mol. The van der Waals surface area contributed by atoms with Crippen molar-refractivity contribution in [1.29, 1.82) is 0 Å². The molecule has 0 amide bonds. The van der Waals surface area contributed by atoms with Crippen LogP contribution in [0.5, 0.6) is 0 Å². The number of rotatable bonds is 3. The van der Waals surface area contributed by atoms with E-state index in [1.54, 1.807) is 0 Å². The van der Waals surface area contributed by atoms with Crippen molar-refractivity contribution in [1.82, 2.24) is 4.98 Å². The maximum Gasteiger partial charge on any atom is 0.0457 e. The highest BCUT2D eigenvalue weighted by Gasteiger charge is 2.05. The van der Waals surface area contributed by atoms with Crippen LogP contribution in [0.25, 0.3) is 10.9 Å². The van der Waals surface area contributed by atoms with Crippen molar-refractivity contribution in [2.45, 2.75) is 12.5 Å². The molecule has 0 bridgehead atoms. The third-order valence-corrected chi connectivity index (χ3v) is 2.48. The molecule has 3 heteroatoms. The van der Waals surface area contributed by atoms with Gasteiger partial charge in [0.2, 0.25) is 0 Å². The standard InChI is InChI=1S/C11H15N3/c12-5-3-10(13)9-2-1-8-4-6-14-11(8)7-9/h1-2,4,6-7,10,14H,3,5,12-13H2/t10-/m0/s1. The van der Waals surface area contributed by atoms with Crippen LogP contribution in [0.1, 0.15) is 18.0 Å². The van der Waals surface area contributed by atoms with Crippen LogP contribution >= 0.6 is 0 Å². The first kappa shape index (κ1) is 9.24. The molecule has 74 valence electrons. The minimum atomic E-state index is 0.0488. The Morgan fingerprint density at radius 2 is 2.14 bits per heavy atom. The van der Waals surface area contributed by atoms with Crippen molar-refractivity contribution >= 4 is 10.9 Å². The fourth-order valence-electron chi connectivity index (χ4n) is 1.64. The number of fused-ring (bicyclic) bond motifs is 1. The number of hydrogen-bond donors (Lipinski definition) is 3. The van der Waals surface area contributed by atoms with Gasteiger partial charge in [-0.1, -0.05) is 12.1 Å². The zero-order valence-corrected chi connectivity index (χ0v) is 8.03. The number of nitrogens with two attached hydrogens (primary N) is 2. The molecule has 0 aliphatic heterocycles. The molecule has 2 rings (SSSR count).